The van der Waals surface area contributed by atoms with E-state index in [4.69, 9.17) is 96.9 Å². The van der Waals surface area contributed by atoms with E-state index in [1.807, 2.05) is 6.92 Å². The molecule has 0 spiro atoms. The lowest BCUT2D eigenvalue weighted by Gasteiger charge is -2.29. The highest BCUT2D eigenvalue weighted by Crippen LogP contribution is 2.23. The van der Waals surface area contributed by atoms with Crippen molar-refractivity contribution < 1.29 is 115 Å². The molecule has 0 unspecified atom stereocenters. The highest BCUT2D eigenvalue weighted by atomic mass is 35.5. The Labute approximate surface area is 877 Å². The quantitative estimate of drug-likeness (QED) is 0.0124. The Balaban J connectivity index is 1.15. The number of ether oxygens (including phenoxy) is 7. The summed E-state index contributed by atoms with van der Waals surface area (Å²) in [6, 6.07) is 34.9. The van der Waals surface area contributed by atoms with Crippen LogP contribution in [0.15, 0.2) is 182 Å². The number of benzene rings is 7. The van der Waals surface area contributed by atoms with E-state index >= 15 is 14.4 Å². The molecule has 7 aromatic carbocycles. The normalized spacial score (nSPS) is 13.2. The first-order valence-corrected chi connectivity index (χ1v) is 49.9. The topological polar surface area (TPSA) is 564 Å². The summed E-state index contributed by atoms with van der Waals surface area (Å²) in [5.74, 6) is -12.2. The second-order valence-electron chi connectivity index (χ2n) is 34.4. The summed E-state index contributed by atoms with van der Waals surface area (Å²) < 4.78 is 39.1. The number of hydrogen-bond acceptors (Lipinski definition) is 24. The van der Waals surface area contributed by atoms with Crippen LogP contribution in [-0.2, 0) is 132 Å². The number of nitrogens with one attached hydrogen (secondary N) is 15. The van der Waals surface area contributed by atoms with Crippen molar-refractivity contribution >= 4 is 154 Å². The van der Waals surface area contributed by atoms with Crippen LogP contribution < -0.4 is 85.5 Å². The third-order valence-corrected chi connectivity index (χ3v) is 24.3. The van der Waals surface area contributed by atoms with Crippen LogP contribution in [0.3, 0.4) is 0 Å². The molecule has 0 aromatic heterocycles. The van der Waals surface area contributed by atoms with Gasteiger partial charge in [-0.1, -0.05) is 256 Å². The smallest absolute Gasteiger partial charge is 0.407 e. The van der Waals surface area contributed by atoms with Gasteiger partial charge >= 0.3 is 36.4 Å². The van der Waals surface area contributed by atoms with E-state index in [2.05, 4.69) is 79.8 Å². The van der Waals surface area contributed by atoms with Gasteiger partial charge in [0.2, 0.25) is 59.1 Å². The largest absolute Gasteiger partial charge is 0.480 e. The van der Waals surface area contributed by atoms with E-state index in [1.165, 1.54) is 13.8 Å². The van der Waals surface area contributed by atoms with Crippen molar-refractivity contribution in [2.24, 2.45) is 11.7 Å². The number of carboxylic acids is 1. The standard InChI is InChI=1S/C102H129Cl5N16O24/c1-6-7-8-9-16-41-85(124)115-80(44-50-110-99(137)144-59-69-32-18-23-37-74(69)104)93(130)122-87(64(4)141-56-66-27-12-10-13-28-66)96(133)121-82(46-52-112-101(139)146-61-71-34-20-25-39-76(71)106)92(129)117-78(42-48-108)90(127)118-79(43-49-109-98(136)143-58-68-31-17-22-36-73(68)103)89(126)114-55-86(125)116-84(54-63(2)3)95(132)120-81(45-51-111-100(138)145-60-70-33-19-24-38-75(70)105)91(128)119-83(47-53-113-102(140)147-62-72-35-21-26-40-77(72)107)94(131)123-88(97(134)135)65(5)142-57-67-29-14-11-15-30-67/h10-15,17-40,63-65,78-84,87-88H,6-9,16,41-62,108H2,1-5H3,(H,109,136)(H,110,137)(H,111,138)(H,112,139)(H,113,140)(H,114,126)(H,115,124)(H,116,125)(H,117,129)(H,118,127)(H,119,128)(H,120,132)(H,121,133)(H,122,130)(H,123,131)(H,134,135)/t64-,65-,78+,79+,80+,81+,82+,83+,84+,87+,88+/m1/s1. The molecule has 45 heteroatoms. The molecule has 0 aliphatic carbocycles. The van der Waals surface area contributed by atoms with Crippen molar-refractivity contribution in [3.05, 3.63) is 246 Å². The van der Waals surface area contributed by atoms with Crippen LogP contribution >= 0.6 is 58.0 Å². The van der Waals surface area contributed by atoms with Gasteiger partial charge < -0.3 is 124 Å². The molecule has 7 rings (SSSR count). The summed E-state index contributed by atoms with van der Waals surface area (Å²) in [6.07, 6.45) is -6.24. The summed E-state index contributed by atoms with van der Waals surface area (Å²) in [4.78, 5) is 227. The van der Waals surface area contributed by atoms with Gasteiger partial charge in [0.15, 0.2) is 6.04 Å². The number of halogens is 5. The number of alkyl carbamates (subject to hydrolysis) is 5. The zero-order chi connectivity index (χ0) is 107. The summed E-state index contributed by atoms with van der Waals surface area (Å²) in [5, 5.41) is 50.3. The Bertz CT molecular complexity index is 5460. The number of carboxylic acid groups (broad SMARTS) is 1. The first-order chi connectivity index (χ1) is 70.6. The average Bonchev–Trinajstić information content (AvgIpc) is 0.854. The van der Waals surface area contributed by atoms with Gasteiger partial charge in [-0.25, -0.2) is 28.8 Å². The number of carbonyl (C=O) groups is 16. The number of rotatable bonds is 63. The lowest BCUT2D eigenvalue weighted by Crippen LogP contribution is -2.62. The van der Waals surface area contributed by atoms with Crippen molar-refractivity contribution in [1.82, 2.24) is 79.8 Å². The minimum absolute atomic E-state index is 0.0106. The van der Waals surface area contributed by atoms with Crippen molar-refractivity contribution in [2.75, 3.05) is 45.8 Å². The zero-order valence-electron chi connectivity index (χ0n) is 82.1. The third kappa shape index (κ3) is 45.9. The highest BCUT2D eigenvalue weighted by Gasteiger charge is 2.39. The molecule has 15 amide bonds. The van der Waals surface area contributed by atoms with Crippen molar-refractivity contribution in [3.8, 4) is 0 Å². The molecule has 7 aromatic rings. The highest BCUT2D eigenvalue weighted by molar-refractivity contribution is 6.32. The van der Waals surface area contributed by atoms with E-state index in [9.17, 15) is 67.4 Å². The van der Waals surface area contributed by atoms with Crippen LogP contribution in [0.25, 0.3) is 0 Å². The van der Waals surface area contributed by atoms with E-state index in [0.29, 0.717) is 61.8 Å². The molecule has 0 aliphatic rings. The van der Waals surface area contributed by atoms with Crippen molar-refractivity contribution in [1.29, 1.82) is 0 Å². The summed E-state index contributed by atoms with van der Waals surface area (Å²) in [5.41, 5.74) is 9.72. The molecular formula is C102H129Cl5N16O24. The molecule has 147 heavy (non-hydrogen) atoms. The van der Waals surface area contributed by atoms with Crippen LogP contribution in [0.5, 0.6) is 0 Å². The second kappa shape index (κ2) is 66.5. The SMILES string of the molecule is CCCCCCCC(=O)N[C@@H](CCNC(=O)OCc1ccccc1Cl)C(=O)N[C@H](C(=O)N[C@@H](CCNC(=O)OCc1ccccc1Cl)C(=O)N[C@@H](CCN)C(=O)N[C@@H](CCNC(=O)OCc1ccccc1Cl)C(=O)NCC(=O)N[C@@H](CC(C)C)C(=O)N[C@@H](CCNC(=O)OCc1ccccc1Cl)C(=O)N[C@@H](CCNC(=O)OCc1ccccc1Cl)C(=O)N[C@H](C(=O)O)[C@@H](C)OCc1ccccc1)[C@@H](C)OCc1ccccc1. The lowest BCUT2D eigenvalue weighted by molar-refractivity contribution is -0.147. The molecular weight excluding hydrogens is 2010 g/mol. The van der Waals surface area contributed by atoms with E-state index < -0.39 is 233 Å². The molecule has 0 radical (unpaired) electrons. The summed E-state index contributed by atoms with van der Waals surface area (Å²) in [6.45, 7) is 3.34. The molecule has 0 saturated carbocycles. The Morgan fingerprint density at radius 1 is 0.299 bits per heavy atom. The van der Waals surface area contributed by atoms with Crippen LogP contribution in [0.2, 0.25) is 25.1 Å². The third-order valence-electron chi connectivity index (χ3n) is 22.5. The maximum absolute atomic E-state index is 15.3. The van der Waals surface area contributed by atoms with Crippen LogP contribution in [0.1, 0.15) is 157 Å². The molecule has 0 bridgehead atoms. The average molecular weight is 2140 g/mol. The van der Waals surface area contributed by atoms with Crippen molar-refractivity contribution in [2.45, 2.75) is 231 Å². The van der Waals surface area contributed by atoms with Gasteiger partial charge in [0.05, 0.1) is 32.0 Å². The molecule has 0 saturated heterocycles. The van der Waals surface area contributed by atoms with Crippen molar-refractivity contribution in [3.63, 3.8) is 0 Å². The van der Waals surface area contributed by atoms with Gasteiger partial charge in [0, 0.05) is 92.1 Å². The molecule has 0 fully saturated rings. The minimum atomic E-state index is -1.78. The van der Waals surface area contributed by atoms with Crippen LogP contribution in [0, 0.1) is 5.92 Å². The van der Waals surface area contributed by atoms with Crippen LogP contribution in [-0.4, -0.2) is 213 Å². The maximum Gasteiger partial charge on any atom is 0.407 e. The number of unbranched alkanes of at least 4 members (excludes halogenated alkanes) is 4. The first-order valence-electron chi connectivity index (χ1n) is 48.0. The van der Waals surface area contributed by atoms with Gasteiger partial charge in [-0.15, -0.1) is 0 Å². The zero-order valence-corrected chi connectivity index (χ0v) is 85.9. The lowest BCUT2D eigenvalue weighted by atomic mass is 10.0. The van der Waals surface area contributed by atoms with E-state index in [-0.39, 0.29) is 93.7 Å². The number of carbonyl (C=O) groups excluding carboxylic acids is 15. The monoisotopic (exact) mass is 2140 g/mol. The molecule has 796 valence electrons. The Morgan fingerprint density at radius 3 is 0.905 bits per heavy atom. The Kier molecular flexibility index (Phi) is 54.4. The maximum atomic E-state index is 15.3. The molecule has 0 aliphatic heterocycles. The van der Waals surface area contributed by atoms with E-state index in [0.717, 1.165) is 19.3 Å². The number of hydrogen-bond donors (Lipinski definition) is 17. The van der Waals surface area contributed by atoms with E-state index in [1.54, 1.807) is 196 Å². The molecule has 0 heterocycles. The second-order valence-corrected chi connectivity index (χ2v) is 36.4. The van der Waals surface area contributed by atoms with Gasteiger partial charge in [-0.3, -0.25) is 47.9 Å². The predicted octanol–water partition coefficient (Wildman–Crippen LogP) is 10.4. The molecule has 40 nitrogen and oxygen atoms in total. The fraction of sp³-hybridized carbons (Fsp3) is 0.431. The predicted molar refractivity (Wildman–Crippen MR) is 547 cm³/mol. The number of nitrogens with two attached hydrogens (primary N) is 1. The molecule has 18 N–H and O–H groups in total. The number of amides is 15. The van der Waals surface area contributed by atoms with Gasteiger partial charge in [-0.05, 0) is 119 Å². The van der Waals surface area contributed by atoms with Gasteiger partial charge in [-0.2, -0.15) is 0 Å². The van der Waals surface area contributed by atoms with Crippen LogP contribution in [0.4, 0.5) is 24.0 Å². The Hall–Kier alpha value is -13.6. The summed E-state index contributed by atoms with van der Waals surface area (Å²) >= 11 is 31.6. The first kappa shape index (κ1) is 120. The fourth-order valence-electron chi connectivity index (χ4n) is 14.2. The number of aliphatic carboxylic acids is 1. The minimum Gasteiger partial charge on any atom is -0.480 e. The molecule has 11 atom stereocenters. The Morgan fingerprint density at radius 2 is 0.578 bits per heavy atom. The summed E-state index contributed by atoms with van der Waals surface area (Å²) in [7, 11) is 0. The fourth-order valence-corrected chi connectivity index (χ4v) is 15.2. The van der Waals surface area contributed by atoms with Gasteiger partial charge in [0.1, 0.15) is 81.4 Å². The van der Waals surface area contributed by atoms with Gasteiger partial charge in [0.25, 0.3) is 0 Å².